The molecule has 0 aromatic carbocycles. The van der Waals surface area contributed by atoms with Gasteiger partial charge in [-0.1, -0.05) is 19.3 Å². The van der Waals surface area contributed by atoms with E-state index in [9.17, 15) is 4.79 Å². The van der Waals surface area contributed by atoms with E-state index in [1.807, 2.05) is 0 Å². The molecule has 3 aliphatic rings. The summed E-state index contributed by atoms with van der Waals surface area (Å²) in [5.74, 6) is 0.339. The molecule has 3 unspecified atom stereocenters. The van der Waals surface area contributed by atoms with Crippen molar-refractivity contribution in [3.8, 4) is 0 Å². The van der Waals surface area contributed by atoms with E-state index in [0.717, 1.165) is 32.1 Å². The lowest BCUT2D eigenvalue weighted by Gasteiger charge is -2.42. The van der Waals surface area contributed by atoms with Crippen molar-refractivity contribution < 1.29 is 4.79 Å². The van der Waals surface area contributed by atoms with Gasteiger partial charge in [0, 0.05) is 38.3 Å². The van der Waals surface area contributed by atoms with Crippen molar-refractivity contribution in [2.24, 2.45) is 11.7 Å². The first kappa shape index (κ1) is 14.3. The van der Waals surface area contributed by atoms with Crippen molar-refractivity contribution >= 4 is 5.91 Å². The zero-order valence-electron chi connectivity index (χ0n) is 12.3. The van der Waals surface area contributed by atoms with Gasteiger partial charge in [0.25, 0.3) is 0 Å². The third kappa shape index (κ3) is 3.15. The number of rotatable bonds is 3. The second-order valence-corrected chi connectivity index (χ2v) is 6.71. The number of hydrogen-bond donors (Lipinski definition) is 3. The van der Waals surface area contributed by atoms with Crippen LogP contribution < -0.4 is 16.4 Å². The summed E-state index contributed by atoms with van der Waals surface area (Å²) in [7, 11) is 0. The van der Waals surface area contributed by atoms with Crippen molar-refractivity contribution in [2.45, 2.75) is 56.7 Å². The van der Waals surface area contributed by atoms with Crippen molar-refractivity contribution in [1.29, 1.82) is 0 Å². The minimum atomic E-state index is -0.201. The molecule has 1 amide bonds. The third-order valence-electron chi connectivity index (χ3n) is 5.41. The van der Waals surface area contributed by atoms with Crippen LogP contribution in [0.25, 0.3) is 0 Å². The Morgan fingerprint density at radius 1 is 1.15 bits per heavy atom. The smallest absolute Gasteiger partial charge is 0.234 e. The maximum absolute atomic E-state index is 11.3. The summed E-state index contributed by atoms with van der Waals surface area (Å²) in [5.41, 5.74) is 5.40. The molecule has 2 saturated heterocycles. The molecule has 3 atom stereocenters. The van der Waals surface area contributed by atoms with Gasteiger partial charge in [-0.2, -0.15) is 0 Å². The Balaban J connectivity index is 1.54. The largest absolute Gasteiger partial charge is 0.368 e. The quantitative estimate of drug-likeness (QED) is 0.683. The lowest BCUT2D eigenvalue weighted by atomic mass is 9.90. The predicted molar refractivity (Wildman–Crippen MR) is 79.3 cm³/mol. The number of amides is 1. The molecule has 5 nitrogen and oxygen atoms in total. The molecule has 3 fully saturated rings. The number of carbonyl (C=O) groups excluding carboxylic acids is 1. The van der Waals surface area contributed by atoms with Crippen LogP contribution in [0.2, 0.25) is 0 Å². The number of nitrogens with one attached hydrogen (secondary N) is 2. The van der Waals surface area contributed by atoms with E-state index in [1.54, 1.807) is 0 Å². The average molecular weight is 280 g/mol. The Morgan fingerprint density at radius 3 is 2.65 bits per heavy atom. The van der Waals surface area contributed by atoms with E-state index < -0.39 is 0 Å². The molecule has 114 valence electrons. The molecule has 0 bridgehead atoms. The maximum atomic E-state index is 11.3. The van der Waals surface area contributed by atoms with Gasteiger partial charge in [0.15, 0.2) is 0 Å². The number of piperazine rings is 1. The summed E-state index contributed by atoms with van der Waals surface area (Å²) < 4.78 is 0. The number of nitrogens with zero attached hydrogens (tertiary/aromatic N) is 1. The predicted octanol–water partition coefficient (Wildman–Crippen LogP) is 0.0563. The van der Waals surface area contributed by atoms with E-state index >= 15 is 0 Å². The van der Waals surface area contributed by atoms with Crippen molar-refractivity contribution in [1.82, 2.24) is 15.5 Å². The van der Waals surface area contributed by atoms with Crippen LogP contribution >= 0.6 is 0 Å². The van der Waals surface area contributed by atoms with Gasteiger partial charge in [0.2, 0.25) is 5.91 Å². The van der Waals surface area contributed by atoms with Crippen molar-refractivity contribution in [3.63, 3.8) is 0 Å². The molecule has 1 aliphatic carbocycles. The second kappa shape index (κ2) is 6.41. The minimum Gasteiger partial charge on any atom is -0.368 e. The molecular formula is C15H28N4O. The van der Waals surface area contributed by atoms with E-state index in [1.165, 1.54) is 38.6 Å². The Morgan fingerprint density at radius 2 is 1.95 bits per heavy atom. The van der Waals surface area contributed by atoms with Crippen LogP contribution in [0.3, 0.4) is 0 Å². The molecule has 5 heteroatoms. The topological polar surface area (TPSA) is 70.4 Å². The lowest BCUT2D eigenvalue weighted by Crippen LogP contribution is -2.57. The Hall–Kier alpha value is -0.650. The number of carbonyl (C=O) groups is 1. The molecule has 0 aromatic rings. The van der Waals surface area contributed by atoms with Crippen molar-refractivity contribution in [3.05, 3.63) is 0 Å². The molecule has 0 aromatic heterocycles. The summed E-state index contributed by atoms with van der Waals surface area (Å²) in [6, 6.07) is 1.20. The zero-order valence-corrected chi connectivity index (χ0v) is 12.3. The third-order valence-corrected chi connectivity index (χ3v) is 5.41. The molecule has 0 spiro atoms. The summed E-state index contributed by atoms with van der Waals surface area (Å²) >= 11 is 0. The minimum absolute atomic E-state index is 0.119. The van der Waals surface area contributed by atoms with Gasteiger partial charge in [-0.3, -0.25) is 9.69 Å². The molecule has 0 radical (unpaired) electrons. The van der Waals surface area contributed by atoms with Crippen LogP contribution in [-0.4, -0.2) is 55.1 Å². The maximum Gasteiger partial charge on any atom is 0.234 e. The second-order valence-electron chi connectivity index (χ2n) is 6.71. The normalized spacial score (nSPS) is 37.1. The highest BCUT2D eigenvalue weighted by molar-refractivity contribution is 5.80. The monoisotopic (exact) mass is 280 g/mol. The fourth-order valence-corrected chi connectivity index (χ4v) is 4.18. The lowest BCUT2D eigenvalue weighted by molar-refractivity contribution is -0.119. The average Bonchev–Trinajstić information content (AvgIpc) is 2.98. The first-order chi connectivity index (χ1) is 9.74. The van der Waals surface area contributed by atoms with Gasteiger partial charge in [-0.05, 0) is 25.2 Å². The molecule has 20 heavy (non-hydrogen) atoms. The van der Waals surface area contributed by atoms with Gasteiger partial charge < -0.3 is 16.4 Å². The molecule has 3 rings (SSSR count). The van der Waals surface area contributed by atoms with Crippen LogP contribution in [0.5, 0.6) is 0 Å². The molecule has 1 saturated carbocycles. The molecule has 4 N–H and O–H groups in total. The van der Waals surface area contributed by atoms with E-state index in [4.69, 9.17) is 5.73 Å². The number of hydrogen-bond acceptors (Lipinski definition) is 4. The van der Waals surface area contributed by atoms with Gasteiger partial charge in [0.1, 0.15) is 0 Å². The van der Waals surface area contributed by atoms with E-state index in [0.29, 0.717) is 12.0 Å². The molecule has 2 heterocycles. The van der Waals surface area contributed by atoms with Crippen LogP contribution in [0.15, 0.2) is 0 Å². The van der Waals surface area contributed by atoms with Gasteiger partial charge in [-0.25, -0.2) is 0 Å². The first-order valence-electron chi connectivity index (χ1n) is 8.24. The first-order valence-corrected chi connectivity index (χ1v) is 8.24. The van der Waals surface area contributed by atoms with E-state index in [2.05, 4.69) is 15.5 Å². The fourth-order valence-electron chi connectivity index (χ4n) is 4.18. The van der Waals surface area contributed by atoms with Crippen LogP contribution in [-0.2, 0) is 4.79 Å². The number of primary amides is 1. The van der Waals surface area contributed by atoms with Crippen LogP contribution in [0.4, 0.5) is 0 Å². The Labute approximate surface area is 121 Å². The Kier molecular flexibility index (Phi) is 4.58. The molecule has 2 aliphatic heterocycles. The van der Waals surface area contributed by atoms with Crippen molar-refractivity contribution in [2.75, 3.05) is 26.2 Å². The zero-order chi connectivity index (χ0) is 13.9. The standard InChI is InChI=1S/C15H28N4O/c16-15(20)13-8-11(9-18-13)14-10-19(7-6-17-14)12-4-2-1-3-5-12/h11-14,17-18H,1-10H2,(H2,16,20). The fraction of sp³-hybridized carbons (Fsp3) is 0.933. The van der Waals surface area contributed by atoms with E-state index in [-0.39, 0.29) is 11.9 Å². The SMILES string of the molecule is NC(=O)C1CC(C2CN(C3CCCCC3)CCN2)CN1. The van der Waals surface area contributed by atoms with Crippen LogP contribution in [0, 0.1) is 5.92 Å². The van der Waals surface area contributed by atoms with Gasteiger partial charge in [0.05, 0.1) is 6.04 Å². The number of nitrogens with two attached hydrogens (primary N) is 1. The summed E-state index contributed by atoms with van der Waals surface area (Å²) in [6.45, 7) is 4.33. The van der Waals surface area contributed by atoms with Crippen LogP contribution in [0.1, 0.15) is 38.5 Å². The van der Waals surface area contributed by atoms with Gasteiger partial charge in [-0.15, -0.1) is 0 Å². The highest BCUT2D eigenvalue weighted by Gasteiger charge is 2.36. The summed E-state index contributed by atoms with van der Waals surface area (Å²) in [6.07, 6.45) is 7.85. The highest BCUT2D eigenvalue weighted by Crippen LogP contribution is 2.26. The van der Waals surface area contributed by atoms with Gasteiger partial charge >= 0.3 is 0 Å². The Bertz CT molecular complexity index is 343. The summed E-state index contributed by atoms with van der Waals surface area (Å²) in [5, 5.41) is 6.92. The molecular weight excluding hydrogens is 252 g/mol. The highest BCUT2D eigenvalue weighted by atomic mass is 16.1. The summed E-state index contributed by atoms with van der Waals surface area (Å²) in [4.78, 5) is 14.0.